The molecule has 16 heavy (non-hydrogen) atoms. The van der Waals surface area contributed by atoms with Gasteiger partial charge in [0.1, 0.15) is 17.2 Å². The van der Waals surface area contributed by atoms with Gasteiger partial charge < -0.3 is 10.4 Å². The minimum atomic E-state index is -0.807. The summed E-state index contributed by atoms with van der Waals surface area (Å²) in [4.78, 5) is 18.7. The smallest absolute Gasteiger partial charge is 0.305 e. The molecule has 88 valence electrons. The second kappa shape index (κ2) is 6.32. The lowest BCUT2D eigenvalue weighted by Crippen LogP contribution is -2.22. The summed E-state index contributed by atoms with van der Waals surface area (Å²) in [7, 11) is 0. The molecule has 1 rings (SSSR count). The number of aliphatic carboxylic acids is 1. The van der Waals surface area contributed by atoms with Crippen LogP contribution >= 0.6 is 11.8 Å². The Morgan fingerprint density at radius 2 is 2.38 bits per heavy atom. The molecular weight excluding hydrogens is 226 g/mol. The molecule has 1 aromatic rings. The Morgan fingerprint density at radius 3 is 2.94 bits per heavy atom. The molecule has 5 nitrogen and oxygen atoms in total. The van der Waals surface area contributed by atoms with Gasteiger partial charge in [0.15, 0.2) is 0 Å². The topological polar surface area (TPSA) is 75.1 Å². The lowest BCUT2D eigenvalue weighted by Gasteiger charge is -2.15. The maximum absolute atomic E-state index is 10.6. The highest BCUT2D eigenvalue weighted by Gasteiger charge is 2.11. The molecule has 0 amide bonds. The van der Waals surface area contributed by atoms with Crippen molar-refractivity contribution in [3.8, 4) is 0 Å². The van der Waals surface area contributed by atoms with Crippen molar-refractivity contribution in [2.75, 3.05) is 11.6 Å². The zero-order chi connectivity index (χ0) is 12.0. The molecule has 1 heterocycles. The van der Waals surface area contributed by atoms with Crippen molar-refractivity contribution in [1.29, 1.82) is 0 Å². The van der Waals surface area contributed by atoms with Gasteiger partial charge in [0.05, 0.1) is 6.42 Å². The minimum absolute atomic E-state index is 0.0924. The molecule has 0 radical (unpaired) electrons. The molecule has 1 atom stereocenters. The van der Waals surface area contributed by atoms with Crippen LogP contribution in [0.15, 0.2) is 17.4 Å². The minimum Gasteiger partial charge on any atom is -0.481 e. The van der Waals surface area contributed by atoms with Crippen molar-refractivity contribution in [1.82, 2.24) is 9.97 Å². The third-order valence-electron chi connectivity index (χ3n) is 2.12. The fourth-order valence-corrected chi connectivity index (χ4v) is 1.63. The van der Waals surface area contributed by atoms with Gasteiger partial charge in [-0.15, -0.1) is 11.8 Å². The van der Waals surface area contributed by atoms with Gasteiger partial charge in [-0.3, -0.25) is 4.79 Å². The van der Waals surface area contributed by atoms with Crippen LogP contribution in [0.4, 0.5) is 5.82 Å². The number of rotatable bonds is 6. The highest BCUT2D eigenvalue weighted by molar-refractivity contribution is 7.98. The Kier molecular flexibility index (Phi) is 5.04. The van der Waals surface area contributed by atoms with Crippen molar-refractivity contribution in [2.24, 2.45) is 0 Å². The molecule has 0 saturated heterocycles. The number of carboxylic acids is 1. The van der Waals surface area contributed by atoms with E-state index >= 15 is 0 Å². The van der Waals surface area contributed by atoms with Crippen LogP contribution in [0.5, 0.6) is 0 Å². The van der Waals surface area contributed by atoms with Crippen molar-refractivity contribution in [3.63, 3.8) is 0 Å². The molecule has 0 aliphatic heterocycles. The summed E-state index contributed by atoms with van der Waals surface area (Å²) in [6, 6.07) is 1.72. The van der Waals surface area contributed by atoms with Crippen LogP contribution in [0, 0.1) is 0 Å². The molecule has 0 saturated carbocycles. The summed E-state index contributed by atoms with van der Waals surface area (Å²) in [5, 5.41) is 12.7. The van der Waals surface area contributed by atoms with Gasteiger partial charge in [0.2, 0.25) is 0 Å². The monoisotopic (exact) mass is 241 g/mol. The molecule has 6 heteroatoms. The predicted octanol–water partition coefficient (Wildman–Crippen LogP) is 1.86. The fraction of sp³-hybridized carbons (Fsp3) is 0.500. The first kappa shape index (κ1) is 12.8. The standard InChI is InChI=1S/C10H15N3O2S/c1-3-7(4-10(14)15)13-8-5-9(16-2)12-6-11-8/h5-7H,3-4H2,1-2H3,(H,14,15)(H,11,12,13). The van der Waals surface area contributed by atoms with E-state index in [-0.39, 0.29) is 12.5 Å². The number of hydrogen-bond donors (Lipinski definition) is 2. The first-order valence-electron chi connectivity index (χ1n) is 5.00. The highest BCUT2D eigenvalue weighted by atomic mass is 32.2. The second-order valence-corrected chi connectivity index (χ2v) is 4.12. The Bertz CT molecular complexity index is 360. The molecule has 0 aliphatic carbocycles. The van der Waals surface area contributed by atoms with E-state index in [4.69, 9.17) is 5.11 Å². The van der Waals surface area contributed by atoms with E-state index in [0.29, 0.717) is 5.82 Å². The number of aromatic nitrogens is 2. The number of nitrogens with zero attached hydrogens (tertiary/aromatic N) is 2. The van der Waals surface area contributed by atoms with Crippen LogP contribution in [0.2, 0.25) is 0 Å². The van der Waals surface area contributed by atoms with Gasteiger partial charge >= 0.3 is 5.97 Å². The molecule has 0 fully saturated rings. The molecule has 1 aromatic heterocycles. The van der Waals surface area contributed by atoms with Gasteiger partial charge in [-0.2, -0.15) is 0 Å². The largest absolute Gasteiger partial charge is 0.481 e. The number of anilines is 1. The Hall–Kier alpha value is -1.30. The zero-order valence-electron chi connectivity index (χ0n) is 9.30. The van der Waals surface area contributed by atoms with Crippen molar-refractivity contribution >= 4 is 23.5 Å². The Labute approximate surface area is 98.7 Å². The van der Waals surface area contributed by atoms with E-state index in [9.17, 15) is 4.79 Å². The van der Waals surface area contributed by atoms with Crippen LogP contribution in [-0.4, -0.2) is 33.3 Å². The number of carbonyl (C=O) groups is 1. The van der Waals surface area contributed by atoms with Gasteiger partial charge in [0, 0.05) is 12.1 Å². The van der Waals surface area contributed by atoms with Crippen LogP contribution in [0.3, 0.4) is 0 Å². The Balaban J connectivity index is 2.65. The third-order valence-corrected chi connectivity index (χ3v) is 2.76. The van der Waals surface area contributed by atoms with Crippen LogP contribution in [0.1, 0.15) is 19.8 Å². The molecule has 2 N–H and O–H groups in total. The maximum atomic E-state index is 10.6. The van der Waals surface area contributed by atoms with E-state index in [1.54, 1.807) is 0 Å². The van der Waals surface area contributed by atoms with Crippen molar-refractivity contribution < 1.29 is 9.90 Å². The SMILES string of the molecule is CCC(CC(=O)O)Nc1cc(SC)ncn1. The van der Waals surface area contributed by atoms with Gasteiger partial charge in [-0.1, -0.05) is 6.92 Å². The molecule has 0 bridgehead atoms. The summed E-state index contributed by atoms with van der Waals surface area (Å²) in [6.07, 6.45) is 4.24. The van der Waals surface area contributed by atoms with Gasteiger partial charge in [-0.25, -0.2) is 9.97 Å². The molecular formula is C10H15N3O2S. The van der Waals surface area contributed by atoms with Gasteiger partial charge in [0.25, 0.3) is 0 Å². The number of hydrogen-bond acceptors (Lipinski definition) is 5. The molecule has 1 unspecified atom stereocenters. The van der Waals surface area contributed by atoms with Crippen molar-refractivity contribution in [2.45, 2.75) is 30.8 Å². The maximum Gasteiger partial charge on any atom is 0.305 e. The number of nitrogens with one attached hydrogen (secondary N) is 1. The van der Waals surface area contributed by atoms with Crippen LogP contribution < -0.4 is 5.32 Å². The molecule has 0 spiro atoms. The quantitative estimate of drug-likeness (QED) is 0.585. The summed E-state index contributed by atoms with van der Waals surface area (Å²) < 4.78 is 0. The third kappa shape index (κ3) is 4.06. The lowest BCUT2D eigenvalue weighted by molar-refractivity contribution is -0.137. The first-order valence-corrected chi connectivity index (χ1v) is 6.22. The van der Waals surface area contributed by atoms with Crippen LogP contribution in [0.25, 0.3) is 0 Å². The van der Waals surface area contributed by atoms with E-state index in [2.05, 4.69) is 15.3 Å². The number of thioether (sulfide) groups is 1. The normalized spacial score (nSPS) is 12.1. The van der Waals surface area contributed by atoms with Crippen LogP contribution in [-0.2, 0) is 4.79 Å². The lowest BCUT2D eigenvalue weighted by atomic mass is 10.1. The fourth-order valence-electron chi connectivity index (χ4n) is 1.25. The first-order chi connectivity index (χ1) is 7.65. The van der Waals surface area contributed by atoms with E-state index in [1.807, 2.05) is 19.2 Å². The molecule has 0 aromatic carbocycles. The van der Waals surface area contributed by atoms with Gasteiger partial charge in [-0.05, 0) is 12.7 Å². The van der Waals surface area contributed by atoms with E-state index in [1.165, 1.54) is 18.1 Å². The second-order valence-electron chi connectivity index (χ2n) is 3.29. The van der Waals surface area contributed by atoms with Crippen molar-refractivity contribution in [3.05, 3.63) is 12.4 Å². The summed E-state index contributed by atoms with van der Waals surface area (Å²) in [6.45, 7) is 1.94. The van der Waals surface area contributed by atoms with E-state index < -0.39 is 5.97 Å². The average molecular weight is 241 g/mol. The van der Waals surface area contributed by atoms with E-state index in [0.717, 1.165) is 11.4 Å². The highest BCUT2D eigenvalue weighted by Crippen LogP contribution is 2.15. The predicted molar refractivity (Wildman–Crippen MR) is 63.8 cm³/mol. The molecule has 0 aliphatic rings. The summed E-state index contributed by atoms with van der Waals surface area (Å²) in [5.41, 5.74) is 0. The average Bonchev–Trinajstić information content (AvgIpc) is 2.28. The zero-order valence-corrected chi connectivity index (χ0v) is 10.1. The number of carboxylic acid groups (broad SMARTS) is 1. The summed E-state index contributed by atoms with van der Waals surface area (Å²) >= 11 is 1.52. The summed E-state index contributed by atoms with van der Waals surface area (Å²) in [5.74, 6) is -0.133. The Morgan fingerprint density at radius 1 is 1.62 bits per heavy atom.